The van der Waals surface area contributed by atoms with Gasteiger partial charge in [-0.15, -0.1) is 0 Å². The number of carbonyl (C=O) groups excluding carboxylic acids is 2. The van der Waals surface area contributed by atoms with Crippen LogP contribution in [-0.4, -0.2) is 38.8 Å². The molecule has 0 fully saturated rings. The second-order valence-corrected chi connectivity index (χ2v) is 6.97. The number of carbonyl (C=O) groups is 2. The molecule has 0 amide bonds. The van der Waals surface area contributed by atoms with Gasteiger partial charge in [0.2, 0.25) is 9.84 Å². The lowest BCUT2D eigenvalue weighted by Gasteiger charge is -2.15. The van der Waals surface area contributed by atoms with Gasteiger partial charge in [-0.2, -0.15) is 0 Å². The van der Waals surface area contributed by atoms with Crippen molar-refractivity contribution >= 4 is 32.5 Å². The summed E-state index contributed by atoms with van der Waals surface area (Å²) >= 11 is 0. The quantitative estimate of drug-likeness (QED) is 0.586. The maximum Gasteiger partial charge on any atom is 0.336 e. The molecule has 0 aliphatic rings. The van der Waals surface area contributed by atoms with E-state index in [9.17, 15) is 18.0 Å². The summed E-state index contributed by atoms with van der Waals surface area (Å²) in [4.78, 5) is 23.9. The second-order valence-electron chi connectivity index (χ2n) is 4.94. The molecular formula is C17H18O6S. The molecule has 0 saturated carbocycles. The van der Waals surface area contributed by atoms with Crippen molar-refractivity contribution in [2.75, 3.05) is 13.2 Å². The van der Waals surface area contributed by atoms with Crippen LogP contribution in [0, 0.1) is 0 Å². The monoisotopic (exact) mass is 350 g/mol. The van der Waals surface area contributed by atoms with Crippen LogP contribution in [0.4, 0.5) is 0 Å². The lowest BCUT2D eigenvalue weighted by Crippen LogP contribution is -2.40. The highest BCUT2D eigenvalue weighted by Crippen LogP contribution is 2.23. The van der Waals surface area contributed by atoms with Crippen LogP contribution < -0.4 is 0 Å². The fourth-order valence-electron chi connectivity index (χ4n) is 2.27. The molecule has 0 radical (unpaired) electrons. The van der Waals surface area contributed by atoms with Crippen LogP contribution in [0.5, 0.6) is 0 Å². The molecule has 0 unspecified atom stereocenters. The van der Waals surface area contributed by atoms with E-state index in [2.05, 4.69) is 0 Å². The van der Waals surface area contributed by atoms with Crippen LogP contribution in [0.3, 0.4) is 0 Å². The van der Waals surface area contributed by atoms with Gasteiger partial charge in [0.15, 0.2) is 0 Å². The van der Waals surface area contributed by atoms with E-state index in [0.29, 0.717) is 5.39 Å². The van der Waals surface area contributed by atoms with Gasteiger partial charge >= 0.3 is 11.9 Å². The van der Waals surface area contributed by atoms with E-state index in [1.54, 1.807) is 18.2 Å². The molecule has 0 aliphatic carbocycles. The van der Waals surface area contributed by atoms with E-state index < -0.39 is 27.0 Å². The molecule has 2 rings (SSSR count). The zero-order chi connectivity index (χ0) is 17.7. The molecule has 0 spiro atoms. The van der Waals surface area contributed by atoms with Crippen molar-refractivity contribution in [3.05, 3.63) is 42.5 Å². The van der Waals surface area contributed by atoms with Gasteiger partial charge in [0, 0.05) is 0 Å². The summed E-state index contributed by atoms with van der Waals surface area (Å²) in [5.41, 5.74) is 0. The number of benzene rings is 2. The van der Waals surface area contributed by atoms with Gasteiger partial charge in [0.25, 0.3) is 5.25 Å². The number of fused-ring (bicyclic) bond motifs is 1. The standard InChI is InChI=1S/C17H18O6S/c1-3-22-16(18)15(17(19)23-4-2)24(20,21)14-10-9-12-7-5-6-8-13(12)11-14/h5-11,15H,3-4H2,1-2H3. The zero-order valence-electron chi connectivity index (χ0n) is 13.4. The van der Waals surface area contributed by atoms with E-state index in [0.717, 1.165) is 5.39 Å². The van der Waals surface area contributed by atoms with Crippen LogP contribution in [0.1, 0.15) is 13.8 Å². The Morgan fingerprint density at radius 2 is 1.46 bits per heavy atom. The van der Waals surface area contributed by atoms with E-state index in [1.165, 1.54) is 26.0 Å². The topological polar surface area (TPSA) is 86.7 Å². The molecule has 7 heteroatoms. The fourth-order valence-corrected chi connectivity index (χ4v) is 3.73. The Morgan fingerprint density at radius 3 is 2.00 bits per heavy atom. The Balaban J connectivity index is 2.52. The minimum atomic E-state index is -4.28. The summed E-state index contributed by atoms with van der Waals surface area (Å²) in [5.74, 6) is -2.27. The molecule has 2 aromatic rings. The number of hydrogen-bond donors (Lipinski definition) is 0. The Bertz CT molecular complexity index is 838. The summed E-state index contributed by atoms with van der Waals surface area (Å²) in [6.07, 6.45) is 0. The van der Waals surface area contributed by atoms with E-state index in [4.69, 9.17) is 9.47 Å². The third-order valence-corrected chi connectivity index (χ3v) is 5.28. The van der Waals surface area contributed by atoms with Gasteiger partial charge < -0.3 is 9.47 Å². The van der Waals surface area contributed by atoms with E-state index in [1.807, 2.05) is 12.1 Å². The van der Waals surface area contributed by atoms with Crippen LogP contribution >= 0.6 is 0 Å². The fraction of sp³-hybridized carbons (Fsp3) is 0.294. The predicted octanol–water partition coefficient (Wildman–Crippen LogP) is 2.11. The first-order valence-electron chi connectivity index (χ1n) is 7.47. The lowest BCUT2D eigenvalue weighted by atomic mass is 10.1. The second kappa shape index (κ2) is 7.44. The minimum absolute atomic E-state index is 0.0397. The average molecular weight is 350 g/mol. The Labute approximate surface area is 140 Å². The van der Waals surface area contributed by atoms with Crippen molar-refractivity contribution in [1.82, 2.24) is 0 Å². The zero-order valence-corrected chi connectivity index (χ0v) is 14.2. The van der Waals surface area contributed by atoms with Crippen molar-refractivity contribution in [1.29, 1.82) is 0 Å². The average Bonchev–Trinajstić information content (AvgIpc) is 2.54. The van der Waals surface area contributed by atoms with E-state index >= 15 is 0 Å². The third kappa shape index (κ3) is 3.56. The molecule has 128 valence electrons. The number of ether oxygens (including phenoxy) is 2. The molecule has 0 aromatic heterocycles. The number of esters is 2. The van der Waals surface area contributed by atoms with Crippen molar-refractivity contribution in [2.45, 2.75) is 24.0 Å². The first kappa shape index (κ1) is 17.9. The van der Waals surface area contributed by atoms with Gasteiger partial charge in [-0.1, -0.05) is 30.3 Å². The first-order chi connectivity index (χ1) is 11.4. The molecule has 0 saturated heterocycles. The molecule has 0 atom stereocenters. The van der Waals surface area contributed by atoms with Crippen molar-refractivity contribution in [3.8, 4) is 0 Å². The van der Waals surface area contributed by atoms with Crippen molar-refractivity contribution < 1.29 is 27.5 Å². The molecule has 6 nitrogen and oxygen atoms in total. The van der Waals surface area contributed by atoms with Crippen LogP contribution in [0.2, 0.25) is 0 Å². The van der Waals surface area contributed by atoms with Crippen LogP contribution in [0.25, 0.3) is 10.8 Å². The molecular weight excluding hydrogens is 332 g/mol. The van der Waals surface area contributed by atoms with Crippen molar-refractivity contribution in [2.24, 2.45) is 0 Å². The summed E-state index contributed by atoms with van der Waals surface area (Å²) in [7, 11) is -4.28. The number of sulfone groups is 1. The van der Waals surface area contributed by atoms with Gasteiger partial charge in [-0.25, -0.2) is 18.0 Å². The third-order valence-electron chi connectivity index (χ3n) is 3.36. The summed E-state index contributed by atoms with van der Waals surface area (Å²) in [6.45, 7) is 2.98. The number of hydrogen-bond acceptors (Lipinski definition) is 6. The normalized spacial score (nSPS) is 11.5. The highest BCUT2D eigenvalue weighted by atomic mass is 32.2. The van der Waals surface area contributed by atoms with E-state index in [-0.39, 0.29) is 18.1 Å². The maximum atomic E-state index is 12.8. The predicted molar refractivity (Wildman–Crippen MR) is 88.2 cm³/mol. The number of rotatable bonds is 6. The lowest BCUT2D eigenvalue weighted by molar-refractivity contribution is -0.153. The highest BCUT2D eigenvalue weighted by molar-refractivity contribution is 7.93. The smallest absolute Gasteiger partial charge is 0.336 e. The largest absolute Gasteiger partial charge is 0.465 e. The van der Waals surface area contributed by atoms with Gasteiger partial charge in [0.1, 0.15) is 0 Å². The molecule has 0 bridgehead atoms. The molecule has 0 aliphatic heterocycles. The Hall–Kier alpha value is -2.41. The Morgan fingerprint density at radius 1 is 0.917 bits per heavy atom. The SMILES string of the molecule is CCOC(=O)C(C(=O)OCC)S(=O)(=O)c1ccc2ccccc2c1. The molecule has 2 aromatic carbocycles. The summed E-state index contributed by atoms with van der Waals surface area (Å²) < 4.78 is 35.1. The molecule has 24 heavy (non-hydrogen) atoms. The van der Waals surface area contributed by atoms with Crippen LogP contribution in [-0.2, 0) is 28.9 Å². The van der Waals surface area contributed by atoms with Gasteiger partial charge in [-0.3, -0.25) is 0 Å². The van der Waals surface area contributed by atoms with Crippen LogP contribution in [0.15, 0.2) is 47.4 Å². The van der Waals surface area contributed by atoms with Gasteiger partial charge in [0.05, 0.1) is 18.1 Å². The van der Waals surface area contributed by atoms with Crippen molar-refractivity contribution in [3.63, 3.8) is 0 Å². The minimum Gasteiger partial charge on any atom is -0.465 e. The molecule has 0 heterocycles. The molecule has 0 N–H and O–H groups in total. The summed E-state index contributed by atoms with van der Waals surface area (Å²) in [6, 6.07) is 11.6. The summed E-state index contributed by atoms with van der Waals surface area (Å²) in [5, 5.41) is -0.496. The van der Waals surface area contributed by atoms with Gasteiger partial charge in [-0.05, 0) is 36.8 Å². The highest BCUT2D eigenvalue weighted by Gasteiger charge is 2.43. The first-order valence-corrected chi connectivity index (χ1v) is 9.02. The maximum absolute atomic E-state index is 12.8. The Kier molecular flexibility index (Phi) is 5.56.